The number of hydrogen-bond acceptors (Lipinski definition) is 5. The van der Waals surface area contributed by atoms with Crippen molar-refractivity contribution in [3.05, 3.63) is 41.0 Å². The van der Waals surface area contributed by atoms with Crippen molar-refractivity contribution in [2.45, 2.75) is 40.5 Å². The second-order valence-corrected chi connectivity index (χ2v) is 6.35. The van der Waals surface area contributed by atoms with E-state index in [1.807, 2.05) is 25.1 Å². The Bertz CT molecular complexity index is 832. The number of ether oxygens (including phenoxy) is 2. The zero-order chi connectivity index (χ0) is 19.3. The molecule has 26 heavy (non-hydrogen) atoms. The van der Waals surface area contributed by atoms with Crippen molar-refractivity contribution in [1.29, 1.82) is 5.26 Å². The molecule has 0 spiro atoms. The van der Waals surface area contributed by atoms with Crippen molar-refractivity contribution < 1.29 is 14.3 Å². The van der Waals surface area contributed by atoms with Gasteiger partial charge < -0.3 is 9.47 Å². The number of nitrogens with zero attached hydrogens (tertiary/aromatic N) is 3. The minimum Gasteiger partial charge on any atom is -0.495 e. The average Bonchev–Trinajstić information content (AvgIpc) is 2.99. The Morgan fingerprint density at radius 2 is 2.08 bits per heavy atom. The van der Waals surface area contributed by atoms with Crippen LogP contribution >= 0.6 is 0 Å². The largest absolute Gasteiger partial charge is 0.495 e. The first-order valence-corrected chi connectivity index (χ1v) is 8.82. The van der Waals surface area contributed by atoms with Gasteiger partial charge in [0.25, 0.3) is 0 Å². The van der Waals surface area contributed by atoms with E-state index < -0.39 is 5.97 Å². The van der Waals surface area contributed by atoms with Gasteiger partial charge in [-0.1, -0.05) is 26.8 Å². The molecule has 0 aliphatic rings. The molecule has 0 saturated carbocycles. The van der Waals surface area contributed by atoms with Crippen LogP contribution in [-0.2, 0) is 17.6 Å². The van der Waals surface area contributed by atoms with Crippen molar-refractivity contribution in [3.63, 3.8) is 0 Å². The number of esters is 1. The zero-order valence-corrected chi connectivity index (χ0v) is 16.0. The summed E-state index contributed by atoms with van der Waals surface area (Å²) in [7, 11) is 1.60. The maximum Gasteiger partial charge on any atom is 0.359 e. The van der Waals surface area contributed by atoms with Crippen LogP contribution in [0.4, 0.5) is 0 Å². The Labute approximate surface area is 154 Å². The molecule has 1 aromatic carbocycles. The molecule has 0 N–H and O–H groups in total. The molecule has 0 aliphatic carbocycles. The molecule has 0 amide bonds. The van der Waals surface area contributed by atoms with Gasteiger partial charge in [0.05, 0.1) is 19.4 Å². The summed E-state index contributed by atoms with van der Waals surface area (Å²) in [5, 5.41) is 9.66. The molecule has 2 rings (SSSR count). The predicted octanol–water partition coefficient (Wildman–Crippen LogP) is 3.69. The van der Waals surface area contributed by atoms with E-state index in [1.54, 1.807) is 18.6 Å². The quantitative estimate of drug-likeness (QED) is 0.708. The number of aryl methyl sites for hydroxylation is 1. The molecule has 0 radical (unpaired) electrons. The van der Waals surface area contributed by atoms with Crippen LogP contribution in [0, 0.1) is 17.2 Å². The number of aromatic nitrogens is 2. The van der Waals surface area contributed by atoms with Gasteiger partial charge in [0.1, 0.15) is 17.6 Å². The van der Waals surface area contributed by atoms with E-state index in [1.165, 1.54) is 0 Å². The molecule has 0 fully saturated rings. The predicted molar refractivity (Wildman–Crippen MR) is 98.7 cm³/mol. The Balaban J connectivity index is 2.64. The van der Waals surface area contributed by atoms with Crippen LogP contribution in [0.3, 0.4) is 0 Å². The lowest BCUT2D eigenvalue weighted by atomic mass is 10.0. The molecule has 0 bridgehead atoms. The Morgan fingerprint density at radius 3 is 2.62 bits per heavy atom. The third-order valence-corrected chi connectivity index (χ3v) is 3.97. The zero-order valence-electron chi connectivity index (χ0n) is 16.0. The smallest absolute Gasteiger partial charge is 0.359 e. The maximum atomic E-state index is 12.2. The van der Waals surface area contributed by atoms with Crippen LogP contribution in [-0.4, -0.2) is 29.2 Å². The number of methoxy groups -OCH3 is 1. The summed E-state index contributed by atoms with van der Waals surface area (Å²) in [5.41, 5.74) is 2.05. The second-order valence-electron chi connectivity index (χ2n) is 6.35. The fourth-order valence-corrected chi connectivity index (χ4v) is 2.91. The van der Waals surface area contributed by atoms with Gasteiger partial charge in [0, 0.05) is 6.42 Å². The summed E-state index contributed by atoms with van der Waals surface area (Å²) >= 11 is 0. The minimum absolute atomic E-state index is 0.0412. The molecule has 138 valence electrons. The first-order valence-electron chi connectivity index (χ1n) is 8.82. The molecular weight excluding hydrogens is 330 g/mol. The summed E-state index contributed by atoms with van der Waals surface area (Å²) in [6, 6.07) is 8.00. The summed E-state index contributed by atoms with van der Waals surface area (Å²) < 4.78 is 12.3. The molecule has 1 aromatic heterocycles. The van der Waals surface area contributed by atoms with E-state index in [2.05, 4.69) is 24.9 Å². The number of nitriles is 1. The van der Waals surface area contributed by atoms with Gasteiger partial charge in [-0.3, -0.25) is 4.57 Å². The summed E-state index contributed by atoms with van der Waals surface area (Å²) in [6.45, 7) is 8.19. The van der Waals surface area contributed by atoms with Crippen LogP contribution < -0.4 is 4.74 Å². The van der Waals surface area contributed by atoms with Gasteiger partial charge >= 0.3 is 5.97 Å². The molecule has 0 atom stereocenters. The van der Waals surface area contributed by atoms with Crippen molar-refractivity contribution in [2.24, 2.45) is 5.92 Å². The van der Waals surface area contributed by atoms with E-state index in [9.17, 15) is 10.1 Å². The lowest BCUT2D eigenvalue weighted by molar-refractivity contribution is 0.0519. The number of imidazole rings is 1. The Kier molecular flexibility index (Phi) is 6.40. The molecule has 0 unspecified atom stereocenters. The second kappa shape index (κ2) is 8.52. The normalized spacial score (nSPS) is 10.7. The lowest BCUT2D eigenvalue weighted by Crippen LogP contribution is -2.09. The summed E-state index contributed by atoms with van der Waals surface area (Å²) in [6.07, 6.45) is 1.49. The molecular formula is C20H25N3O3. The number of rotatable bonds is 7. The standard InChI is InChI=1S/C20H25N3O3/c1-6-18-22-19(20(24)26-7-2)16(12-21)23(18)15-9-8-14(10-13(3)4)11-17(15)25-5/h8-9,11,13H,6-7,10H2,1-5H3. The number of carbonyl (C=O) groups is 1. The van der Waals surface area contributed by atoms with E-state index in [0.29, 0.717) is 29.6 Å². The SMILES string of the molecule is CCOC(=O)c1nc(CC)n(-c2ccc(CC(C)C)cc2OC)c1C#N. The monoisotopic (exact) mass is 355 g/mol. The third kappa shape index (κ3) is 3.88. The van der Waals surface area contributed by atoms with Crippen molar-refractivity contribution in [1.82, 2.24) is 9.55 Å². The fourth-order valence-electron chi connectivity index (χ4n) is 2.91. The van der Waals surface area contributed by atoms with Gasteiger partial charge in [-0.15, -0.1) is 0 Å². The third-order valence-electron chi connectivity index (χ3n) is 3.97. The van der Waals surface area contributed by atoms with Crippen LogP contribution in [0.2, 0.25) is 0 Å². The number of benzene rings is 1. The van der Waals surface area contributed by atoms with Crippen LogP contribution in [0.15, 0.2) is 18.2 Å². The summed E-state index contributed by atoms with van der Waals surface area (Å²) in [5.74, 6) is 1.18. The highest BCUT2D eigenvalue weighted by Crippen LogP contribution is 2.29. The Morgan fingerprint density at radius 1 is 1.35 bits per heavy atom. The van der Waals surface area contributed by atoms with Gasteiger partial charge in [-0.05, 0) is 37.0 Å². The van der Waals surface area contributed by atoms with Crippen molar-refractivity contribution in [3.8, 4) is 17.5 Å². The molecule has 6 nitrogen and oxygen atoms in total. The molecule has 0 aliphatic heterocycles. The Hall–Kier alpha value is -2.81. The van der Waals surface area contributed by atoms with Crippen LogP contribution in [0.5, 0.6) is 5.75 Å². The molecule has 0 saturated heterocycles. The summed E-state index contributed by atoms with van der Waals surface area (Å²) in [4.78, 5) is 16.5. The average molecular weight is 355 g/mol. The van der Waals surface area contributed by atoms with Crippen molar-refractivity contribution in [2.75, 3.05) is 13.7 Å². The van der Waals surface area contributed by atoms with Gasteiger partial charge in [-0.25, -0.2) is 9.78 Å². The van der Waals surface area contributed by atoms with Gasteiger partial charge in [0.15, 0.2) is 11.4 Å². The highest BCUT2D eigenvalue weighted by atomic mass is 16.5. The first-order chi connectivity index (χ1) is 12.5. The van der Waals surface area contributed by atoms with Crippen molar-refractivity contribution >= 4 is 5.97 Å². The van der Waals surface area contributed by atoms with Gasteiger partial charge in [0.2, 0.25) is 0 Å². The first kappa shape index (κ1) is 19.5. The van der Waals surface area contributed by atoms with Gasteiger partial charge in [-0.2, -0.15) is 5.26 Å². The molecule has 2 aromatic rings. The molecule has 1 heterocycles. The van der Waals surface area contributed by atoms with E-state index in [0.717, 1.165) is 12.0 Å². The highest BCUT2D eigenvalue weighted by Gasteiger charge is 2.25. The number of carbonyl (C=O) groups excluding carboxylic acids is 1. The number of hydrogen-bond donors (Lipinski definition) is 0. The highest BCUT2D eigenvalue weighted by molar-refractivity contribution is 5.90. The topological polar surface area (TPSA) is 77.1 Å². The van der Waals surface area contributed by atoms with E-state index >= 15 is 0 Å². The van der Waals surface area contributed by atoms with Crippen LogP contribution in [0.1, 0.15) is 55.3 Å². The van der Waals surface area contributed by atoms with Crippen LogP contribution in [0.25, 0.3) is 5.69 Å². The van der Waals surface area contributed by atoms with E-state index in [-0.39, 0.29) is 18.0 Å². The maximum absolute atomic E-state index is 12.2. The lowest BCUT2D eigenvalue weighted by Gasteiger charge is -2.15. The molecule has 6 heteroatoms. The minimum atomic E-state index is -0.590. The van der Waals surface area contributed by atoms with E-state index in [4.69, 9.17) is 9.47 Å². The fraction of sp³-hybridized carbons (Fsp3) is 0.450.